The molecule has 0 amide bonds. The van der Waals surface area contributed by atoms with E-state index in [1.54, 1.807) is 0 Å². The van der Waals surface area contributed by atoms with Gasteiger partial charge in [0.05, 0.1) is 12.6 Å². The van der Waals surface area contributed by atoms with Crippen molar-refractivity contribution in [3.05, 3.63) is 40.4 Å². The Bertz CT molecular complexity index is 376. The van der Waals surface area contributed by atoms with E-state index in [9.17, 15) is 0 Å². The van der Waals surface area contributed by atoms with Crippen LogP contribution in [0.1, 0.15) is 11.1 Å². The Balaban J connectivity index is 2.45. The van der Waals surface area contributed by atoms with Gasteiger partial charge in [-0.3, -0.25) is 0 Å². The smallest absolute Gasteiger partial charge is 0.0636 e. The van der Waals surface area contributed by atoms with Crippen molar-refractivity contribution >= 4 is 21.6 Å². The van der Waals surface area contributed by atoms with Crippen LogP contribution in [0.2, 0.25) is 0 Å². The summed E-state index contributed by atoms with van der Waals surface area (Å²) in [6.45, 7) is 4.09. The molecule has 1 aromatic rings. The lowest BCUT2D eigenvalue weighted by molar-refractivity contribution is 0.251. The molecule has 2 nitrogen and oxygen atoms in total. The van der Waals surface area contributed by atoms with Crippen LogP contribution in [0.3, 0.4) is 0 Å². The average Bonchev–Trinajstić information content (AvgIpc) is 2.19. The van der Waals surface area contributed by atoms with E-state index in [0.717, 1.165) is 22.2 Å². The van der Waals surface area contributed by atoms with Crippen LogP contribution in [0.15, 0.2) is 29.3 Å². The van der Waals surface area contributed by atoms with Crippen LogP contribution in [0.5, 0.6) is 0 Å². The molecule has 1 aromatic carbocycles. The van der Waals surface area contributed by atoms with Gasteiger partial charge in [-0.1, -0.05) is 34.6 Å². The molecule has 74 valence electrons. The molecule has 0 unspecified atom stereocenters. The number of rotatable bonds is 1. The predicted octanol–water partition coefficient (Wildman–Crippen LogP) is 1.93. The van der Waals surface area contributed by atoms with Crippen molar-refractivity contribution in [2.24, 2.45) is 0 Å². The lowest BCUT2D eigenvalue weighted by Gasteiger charge is -2.28. The third kappa shape index (κ3) is 1.57. The predicted molar refractivity (Wildman–Crippen MR) is 60.9 cm³/mol. The molecule has 1 atom stereocenters. The molecule has 3 heteroatoms. The summed E-state index contributed by atoms with van der Waals surface area (Å²) < 4.78 is 1.09. The number of halogens is 1. The average molecular weight is 254 g/mol. The molecule has 2 N–H and O–H groups in total. The summed E-state index contributed by atoms with van der Waals surface area (Å²) in [6, 6.07) is 6.15. The fourth-order valence-corrected chi connectivity index (χ4v) is 2.31. The highest BCUT2D eigenvalue weighted by molar-refractivity contribution is 9.10. The van der Waals surface area contributed by atoms with Gasteiger partial charge in [-0.05, 0) is 18.1 Å². The van der Waals surface area contributed by atoms with Gasteiger partial charge in [0, 0.05) is 15.7 Å². The summed E-state index contributed by atoms with van der Waals surface area (Å²) in [5, 5.41) is 12.3. The number of aliphatic hydroxyl groups is 1. The number of aliphatic hydroxyl groups excluding tert-OH is 1. The van der Waals surface area contributed by atoms with E-state index >= 15 is 0 Å². The van der Waals surface area contributed by atoms with Gasteiger partial charge in [0.25, 0.3) is 0 Å². The summed E-state index contributed by atoms with van der Waals surface area (Å²) >= 11 is 3.52. The number of hydrogen-bond acceptors (Lipinski definition) is 2. The Morgan fingerprint density at radius 1 is 1.57 bits per heavy atom. The molecule has 1 aliphatic heterocycles. The maximum absolute atomic E-state index is 9.11. The Kier molecular flexibility index (Phi) is 2.61. The Morgan fingerprint density at radius 2 is 2.36 bits per heavy atom. The van der Waals surface area contributed by atoms with Crippen LogP contribution < -0.4 is 5.32 Å². The molecule has 0 aromatic heterocycles. The van der Waals surface area contributed by atoms with Gasteiger partial charge < -0.3 is 10.4 Å². The molecule has 0 fully saturated rings. The maximum Gasteiger partial charge on any atom is 0.0636 e. The molecule has 0 bridgehead atoms. The molecule has 0 aliphatic carbocycles. The molecule has 0 radical (unpaired) electrons. The molecule has 0 saturated carbocycles. The molecule has 1 heterocycles. The van der Waals surface area contributed by atoms with Crippen molar-refractivity contribution in [2.45, 2.75) is 12.5 Å². The second kappa shape index (κ2) is 3.75. The minimum atomic E-state index is 0.0914. The Hall–Kier alpha value is -0.800. The van der Waals surface area contributed by atoms with Gasteiger partial charge >= 0.3 is 0 Å². The normalized spacial score (nSPS) is 20.1. The van der Waals surface area contributed by atoms with Gasteiger partial charge in [-0.25, -0.2) is 0 Å². The van der Waals surface area contributed by atoms with Crippen molar-refractivity contribution in [1.82, 2.24) is 5.32 Å². The second-order valence-corrected chi connectivity index (χ2v) is 4.33. The van der Waals surface area contributed by atoms with Crippen LogP contribution in [-0.2, 0) is 6.42 Å². The number of nitrogens with one attached hydrogen (secondary N) is 1. The minimum absolute atomic E-state index is 0.0914. The number of fused-ring (bicyclic) bond motifs is 1. The van der Waals surface area contributed by atoms with E-state index in [1.807, 2.05) is 18.2 Å². The lowest BCUT2D eigenvalue weighted by atomic mass is 9.94. The summed E-state index contributed by atoms with van der Waals surface area (Å²) in [6.07, 6.45) is 0.840. The van der Waals surface area contributed by atoms with E-state index in [1.165, 1.54) is 5.56 Å². The topological polar surface area (TPSA) is 32.3 Å². The third-order valence-electron chi connectivity index (χ3n) is 2.49. The first-order valence-corrected chi connectivity index (χ1v) is 5.35. The summed E-state index contributed by atoms with van der Waals surface area (Å²) in [4.78, 5) is 0. The first-order chi connectivity index (χ1) is 6.72. The van der Waals surface area contributed by atoms with Gasteiger partial charge in [0.2, 0.25) is 0 Å². The zero-order chi connectivity index (χ0) is 10.1. The summed E-state index contributed by atoms with van der Waals surface area (Å²) in [7, 11) is 0. The van der Waals surface area contributed by atoms with Crippen molar-refractivity contribution in [3.63, 3.8) is 0 Å². The number of hydrogen-bond donors (Lipinski definition) is 2. The van der Waals surface area contributed by atoms with Crippen molar-refractivity contribution in [3.8, 4) is 0 Å². The van der Waals surface area contributed by atoms with Crippen molar-refractivity contribution in [1.29, 1.82) is 0 Å². The van der Waals surface area contributed by atoms with Crippen LogP contribution in [0.4, 0.5) is 0 Å². The fraction of sp³-hybridized carbons (Fsp3) is 0.273. The molecule has 0 spiro atoms. The highest BCUT2D eigenvalue weighted by Gasteiger charge is 2.21. The summed E-state index contributed by atoms with van der Waals surface area (Å²) in [5.74, 6) is 0. The molecular weight excluding hydrogens is 242 g/mol. The highest BCUT2D eigenvalue weighted by Crippen LogP contribution is 2.29. The van der Waals surface area contributed by atoms with Crippen LogP contribution in [0, 0.1) is 0 Å². The molecular formula is C11H12BrNO. The van der Waals surface area contributed by atoms with Crippen LogP contribution in [-0.4, -0.2) is 17.8 Å². The van der Waals surface area contributed by atoms with Gasteiger partial charge in [-0.15, -0.1) is 0 Å². The van der Waals surface area contributed by atoms with Gasteiger partial charge in [0.1, 0.15) is 0 Å². The zero-order valence-corrected chi connectivity index (χ0v) is 9.34. The first kappa shape index (κ1) is 9.74. The van der Waals surface area contributed by atoms with Crippen molar-refractivity contribution < 1.29 is 5.11 Å². The standard InChI is InChI=1S/C11H12BrNO/c1-7-9-3-2-4-11(12)10(9)5-8(6-14)13-7/h2-4,8,13-14H,1,5-6H2/t8-/m1/s1. The van der Waals surface area contributed by atoms with Crippen LogP contribution >= 0.6 is 15.9 Å². The molecule has 0 saturated heterocycles. The molecule has 2 rings (SSSR count). The Morgan fingerprint density at radius 3 is 3.07 bits per heavy atom. The number of benzene rings is 1. The van der Waals surface area contributed by atoms with Crippen LogP contribution in [0.25, 0.3) is 5.70 Å². The minimum Gasteiger partial charge on any atom is -0.394 e. The Labute approximate surface area is 91.8 Å². The van der Waals surface area contributed by atoms with E-state index in [4.69, 9.17) is 5.11 Å². The maximum atomic E-state index is 9.11. The van der Waals surface area contributed by atoms with Crippen molar-refractivity contribution in [2.75, 3.05) is 6.61 Å². The summed E-state index contributed by atoms with van der Waals surface area (Å²) in [5.41, 5.74) is 3.27. The SMILES string of the molecule is C=C1N[C@@H](CO)Cc2c(Br)cccc21. The zero-order valence-electron chi connectivity index (χ0n) is 7.76. The second-order valence-electron chi connectivity index (χ2n) is 3.47. The third-order valence-corrected chi connectivity index (χ3v) is 3.24. The molecule has 14 heavy (non-hydrogen) atoms. The quantitative estimate of drug-likeness (QED) is 0.802. The van der Waals surface area contributed by atoms with E-state index in [2.05, 4.69) is 27.8 Å². The first-order valence-electron chi connectivity index (χ1n) is 4.56. The van der Waals surface area contributed by atoms with E-state index in [0.29, 0.717) is 0 Å². The van der Waals surface area contributed by atoms with Gasteiger partial charge in [0.15, 0.2) is 0 Å². The van der Waals surface area contributed by atoms with E-state index < -0.39 is 0 Å². The van der Waals surface area contributed by atoms with E-state index in [-0.39, 0.29) is 12.6 Å². The largest absolute Gasteiger partial charge is 0.394 e. The highest BCUT2D eigenvalue weighted by atomic mass is 79.9. The fourth-order valence-electron chi connectivity index (χ4n) is 1.78. The lowest BCUT2D eigenvalue weighted by Crippen LogP contribution is -2.37. The molecule has 1 aliphatic rings. The van der Waals surface area contributed by atoms with Gasteiger partial charge in [-0.2, -0.15) is 0 Å². The monoisotopic (exact) mass is 253 g/mol.